The maximum Gasteiger partial charge on any atom is 0.237 e. The molecule has 1 fully saturated rings. The summed E-state index contributed by atoms with van der Waals surface area (Å²) in [5, 5.41) is 6.62. The van der Waals surface area contributed by atoms with E-state index in [1.807, 2.05) is 6.92 Å². The van der Waals surface area contributed by atoms with Crippen molar-refractivity contribution in [3.63, 3.8) is 0 Å². The molecule has 2 atom stereocenters. The molecule has 1 saturated heterocycles. The molecule has 0 aromatic carbocycles. The van der Waals surface area contributed by atoms with Gasteiger partial charge in [-0.2, -0.15) is 0 Å². The second-order valence-corrected chi connectivity index (χ2v) is 6.88. The Labute approximate surface area is 131 Å². The molecule has 0 aliphatic carbocycles. The second kappa shape index (κ2) is 10.2. The Hall–Kier alpha value is -0.610. The minimum Gasteiger partial charge on any atom is -0.355 e. The SMILES string of the molecule is CCCCNC(=O)C(C)N1CCCC(CNCC(C)C)C1. The first-order valence-electron chi connectivity index (χ1n) is 8.77. The van der Waals surface area contributed by atoms with Gasteiger partial charge in [-0.3, -0.25) is 9.69 Å². The van der Waals surface area contributed by atoms with E-state index >= 15 is 0 Å². The van der Waals surface area contributed by atoms with Crippen LogP contribution in [0.2, 0.25) is 0 Å². The van der Waals surface area contributed by atoms with Gasteiger partial charge in [-0.25, -0.2) is 0 Å². The molecule has 1 amide bonds. The van der Waals surface area contributed by atoms with Crippen molar-refractivity contribution in [1.29, 1.82) is 0 Å². The quantitative estimate of drug-likeness (QED) is 0.642. The first-order chi connectivity index (χ1) is 10.0. The van der Waals surface area contributed by atoms with E-state index in [0.29, 0.717) is 11.8 Å². The Balaban J connectivity index is 2.31. The summed E-state index contributed by atoms with van der Waals surface area (Å²) >= 11 is 0. The number of unbranched alkanes of at least 4 members (excludes halogenated alkanes) is 1. The van der Waals surface area contributed by atoms with Crippen LogP contribution in [0.3, 0.4) is 0 Å². The summed E-state index contributed by atoms with van der Waals surface area (Å²) in [6.07, 6.45) is 4.69. The molecule has 124 valence electrons. The van der Waals surface area contributed by atoms with E-state index in [2.05, 4.69) is 36.3 Å². The summed E-state index contributed by atoms with van der Waals surface area (Å²) in [6, 6.07) is 0.00903. The fourth-order valence-electron chi connectivity index (χ4n) is 2.89. The van der Waals surface area contributed by atoms with Gasteiger partial charge in [0, 0.05) is 13.1 Å². The number of amides is 1. The molecule has 0 aromatic rings. The highest BCUT2D eigenvalue weighted by atomic mass is 16.2. The summed E-state index contributed by atoms with van der Waals surface area (Å²) in [6.45, 7) is 13.8. The Bertz CT molecular complexity index is 294. The van der Waals surface area contributed by atoms with E-state index in [1.54, 1.807) is 0 Å². The average Bonchev–Trinajstić information content (AvgIpc) is 2.46. The highest BCUT2D eigenvalue weighted by Crippen LogP contribution is 2.18. The van der Waals surface area contributed by atoms with E-state index in [-0.39, 0.29) is 11.9 Å². The number of hydrogen-bond donors (Lipinski definition) is 2. The molecule has 0 saturated carbocycles. The number of hydrogen-bond acceptors (Lipinski definition) is 3. The minimum atomic E-state index is 0.00903. The van der Waals surface area contributed by atoms with Crippen LogP contribution in [0, 0.1) is 11.8 Å². The first kappa shape index (κ1) is 18.4. The predicted octanol–water partition coefficient (Wildman–Crippen LogP) is 2.25. The number of carbonyl (C=O) groups excluding carboxylic acids is 1. The van der Waals surface area contributed by atoms with Crippen molar-refractivity contribution in [3.8, 4) is 0 Å². The van der Waals surface area contributed by atoms with Crippen LogP contribution in [0.1, 0.15) is 53.4 Å². The average molecular weight is 297 g/mol. The van der Waals surface area contributed by atoms with E-state index in [9.17, 15) is 4.79 Å². The van der Waals surface area contributed by atoms with Crippen molar-refractivity contribution in [2.45, 2.75) is 59.4 Å². The molecular formula is C17H35N3O. The van der Waals surface area contributed by atoms with Crippen LogP contribution in [-0.2, 0) is 4.79 Å². The van der Waals surface area contributed by atoms with Gasteiger partial charge in [0.2, 0.25) is 5.91 Å². The molecule has 1 rings (SSSR count). The van der Waals surface area contributed by atoms with Crippen molar-refractivity contribution >= 4 is 5.91 Å². The van der Waals surface area contributed by atoms with Gasteiger partial charge in [0.15, 0.2) is 0 Å². The van der Waals surface area contributed by atoms with Gasteiger partial charge in [-0.05, 0) is 57.7 Å². The maximum absolute atomic E-state index is 12.2. The summed E-state index contributed by atoms with van der Waals surface area (Å²) in [4.78, 5) is 14.5. The Morgan fingerprint density at radius 1 is 1.33 bits per heavy atom. The second-order valence-electron chi connectivity index (χ2n) is 6.88. The molecule has 2 unspecified atom stereocenters. The summed E-state index contributed by atoms with van der Waals surface area (Å²) in [5.41, 5.74) is 0. The lowest BCUT2D eigenvalue weighted by molar-refractivity contribution is -0.126. The van der Waals surface area contributed by atoms with Crippen LogP contribution in [0.5, 0.6) is 0 Å². The van der Waals surface area contributed by atoms with Gasteiger partial charge < -0.3 is 10.6 Å². The van der Waals surface area contributed by atoms with E-state index in [4.69, 9.17) is 0 Å². The molecule has 0 bridgehead atoms. The fourth-order valence-corrected chi connectivity index (χ4v) is 2.89. The maximum atomic E-state index is 12.2. The molecule has 1 aliphatic rings. The number of nitrogens with zero attached hydrogens (tertiary/aromatic N) is 1. The predicted molar refractivity (Wildman–Crippen MR) is 89.4 cm³/mol. The first-order valence-corrected chi connectivity index (χ1v) is 8.77. The third-order valence-electron chi connectivity index (χ3n) is 4.29. The van der Waals surface area contributed by atoms with Gasteiger partial charge in [0.1, 0.15) is 0 Å². The summed E-state index contributed by atoms with van der Waals surface area (Å²) < 4.78 is 0. The molecule has 21 heavy (non-hydrogen) atoms. The third-order valence-corrected chi connectivity index (χ3v) is 4.29. The highest BCUT2D eigenvalue weighted by Gasteiger charge is 2.26. The van der Waals surface area contributed by atoms with Crippen molar-refractivity contribution in [3.05, 3.63) is 0 Å². The molecule has 4 nitrogen and oxygen atoms in total. The lowest BCUT2D eigenvalue weighted by Gasteiger charge is -2.36. The zero-order valence-electron chi connectivity index (χ0n) is 14.5. The largest absolute Gasteiger partial charge is 0.355 e. The minimum absolute atomic E-state index is 0.00903. The Kier molecular flexibility index (Phi) is 8.93. The van der Waals surface area contributed by atoms with E-state index in [0.717, 1.165) is 45.6 Å². The van der Waals surface area contributed by atoms with E-state index < -0.39 is 0 Å². The van der Waals surface area contributed by atoms with Gasteiger partial charge in [0.25, 0.3) is 0 Å². The molecule has 2 N–H and O–H groups in total. The zero-order valence-corrected chi connectivity index (χ0v) is 14.5. The van der Waals surface area contributed by atoms with Gasteiger partial charge in [-0.15, -0.1) is 0 Å². The monoisotopic (exact) mass is 297 g/mol. The smallest absolute Gasteiger partial charge is 0.237 e. The molecule has 4 heteroatoms. The summed E-state index contributed by atoms with van der Waals surface area (Å²) in [7, 11) is 0. The Morgan fingerprint density at radius 3 is 2.76 bits per heavy atom. The van der Waals surface area contributed by atoms with Crippen LogP contribution in [0.25, 0.3) is 0 Å². The summed E-state index contributed by atoms with van der Waals surface area (Å²) in [5.74, 6) is 1.58. The van der Waals surface area contributed by atoms with Crippen LogP contribution in [0.15, 0.2) is 0 Å². The van der Waals surface area contributed by atoms with Gasteiger partial charge in [0.05, 0.1) is 6.04 Å². The highest BCUT2D eigenvalue weighted by molar-refractivity contribution is 5.81. The molecular weight excluding hydrogens is 262 g/mol. The number of carbonyl (C=O) groups is 1. The molecule has 0 spiro atoms. The van der Waals surface area contributed by atoms with Crippen molar-refractivity contribution in [2.24, 2.45) is 11.8 Å². The molecule has 0 aromatic heterocycles. The van der Waals surface area contributed by atoms with Crippen LogP contribution < -0.4 is 10.6 Å². The molecule has 1 aliphatic heterocycles. The lowest BCUT2D eigenvalue weighted by atomic mass is 9.96. The number of piperidine rings is 1. The lowest BCUT2D eigenvalue weighted by Crippen LogP contribution is -2.50. The standard InChI is InChI=1S/C17H35N3O/c1-5-6-9-19-17(21)15(4)20-10-7-8-16(13-20)12-18-11-14(2)3/h14-16,18H,5-13H2,1-4H3,(H,19,21). The van der Waals surface area contributed by atoms with Crippen LogP contribution in [0.4, 0.5) is 0 Å². The fraction of sp³-hybridized carbons (Fsp3) is 0.941. The Morgan fingerprint density at radius 2 is 2.10 bits per heavy atom. The van der Waals surface area contributed by atoms with Gasteiger partial charge in [-0.1, -0.05) is 27.2 Å². The molecule has 1 heterocycles. The van der Waals surface area contributed by atoms with Crippen molar-refractivity contribution < 1.29 is 4.79 Å². The zero-order chi connectivity index (χ0) is 15.7. The number of nitrogens with one attached hydrogen (secondary N) is 2. The molecule has 0 radical (unpaired) electrons. The normalized spacial score (nSPS) is 21.5. The van der Waals surface area contributed by atoms with Crippen molar-refractivity contribution in [1.82, 2.24) is 15.5 Å². The number of likely N-dealkylation sites (tertiary alicyclic amines) is 1. The number of rotatable bonds is 9. The topological polar surface area (TPSA) is 44.4 Å². The third kappa shape index (κ3) is 7.28. The van der Waals surface area contributed by atoms with Crippen LogP contribution >= 0.6 is 0 Å². The van der Waals surface area contributed by atoms with Crippen LogP contribution in [-0.4, -0.2) is 49.6 Å². The van der Waals surface area contributed by atoms with Gasteiger partial charge >= 0.3 is 0 Å². The van der Waals surface area contributed by atoms with E-state index in [1.165, 1.54) is 12.8 Å². The van der Waals surface area contributed by atoms with Crippen molar-refractivity contribution in [2.75, 3.05) is 32.7 Å².